The highest BCUT2D eigenvalue weighted by atomic mass is 32.2. The van der Waals surface area contributed by atoms with Crippen LogP contribution in [0.2, 0.25) is 0 Å². The number of halogens is 3. The molecule has 1 aromatic rings. The number of aromatic hydroxyl groups is 1. The molecule has 0 unspecified atom stereocenters. The molecule has 14 heavy (non-hydrogen) atoms. The van der Waals surface area contributed by atoms with E-state index in [0.717, 1.165) is 0 Å². The highest BCUT2D eigenvalue weighted by molar-refractivity contribution is 7.85. The predicted molar refractivity (Wildman–Crippen MR) is 37.8 cm³/mol. The molecule has 0 amide bonds. The number of phenolic OH excluding ortho intramolecular Hbond substituents is 1. The van der Waals surface area contributed by atoms with Gasteiger partial charge in [-0.3, -0.25) is 4.55 Å². The fourth-order valence-electron chi connectivity index (χ4n) is 0.751. The first-order valence-electron chi connectivity index (χ1n) is 3.09. The Labute approximate surface area is 76.4 Å². The minimum absolute atomic E-state index is 0.0247. The van der Waals surface area contributed by atoms with Crippen LogP contribution in [0.4, 0.5) is 13.2 Å². The second kappa shape index (κ2) is 3.14. The summed E-state index contributed by atoms with van der Waals surface area (Å²) in [6.07, 6.45) is 0. The van der Waals surface area contributed by atoms with E-state index < -0.39 is 38.2 Å². The Hall–Kier alpha value is -1.28. The SMILES string of the molecule is O=S(=O)(O)c1cc(F)c(O)c(F)c1F. The van der Waals surface area contributed by atoms with Crippen LogP contribution in [0.1, 0.15) is 0 Å². The molecule has 8 heteroatoms. The maximum absolute atomic E-state index is 12.7. The third-order valence-corrected chi connectivity index (χ3v) is 2.23. The Morgan fingerprint density at radius 2 is 1.64 bits per heavy atom. The zero-order valence-electron chi connectivity index (χ0n) is 6.33. The van der Waals surface area contributed by atoms with Crippen molar-refractivity contribution in [2.45, 2.75) is 4.90 Å². The van der Waals surface area contributed by atoms with E-state index >= 15 is 0 Å². The van der Waals surface area contributed by atoms with E-state index in [0.29, 0.717) is 0 Å². The van der Waals surface area contributed by atoms with Crippen molar-refractivity contribution < 1.29 is 31.2 Å². The Balaban J connectivity index is 3.66. The van der Waals surface area contributed by atoms with Gasteiger partial charge >= 0.3 is 0 Å². The molecule has 1 rings (SSSR count). The lowest BCUT2D eigenvalue weighted by molar-refractivity contribution is 0.366. The summed E-state index contributed by atoms with van der Waals surface area (Å²) in [5.41, 5.74) is 0. The molecule has 0 aromatic heterocycles. The summed E-state index contributed by atoms with van der Waals surface area (Å²) in [7, 11) is -5.06. The van der Waals surface area contributed by atoms with Gasteiger partial charge in [-0.1, -0.05) is 0 Å². The van der Waals surface area contributed by atoms with Gasteiger partial charge in [0.05, 0.1) is 0 Å². The summed E-state index contributed by atoms with van der Waals surface area (Å²) in [6.45, 7) is 0. The summed E-state index contributed by atoms with van der Waals surface area (Å²) in [5.74, 6) is -7.43. The third-order valence-electron chi connectivity index (χ3n) is 1.38. The molecule has 0 bridgehead atoms. The standard InChI is InChI=1S/C6H3F3O4S/c7-2-1-3(14(11,12)13)4(8)5(9)6(2)10/h1,10H,(H,11,12,13). The molecule has 0 heterocycles. The molecular weight excluding hydrogens is 225 g/mol. The Morgan fingerprint density at radius 1 is 1.14 bits per heavy atom. The molecule has 0 fully saturated rings. The van der Waals surface area contributed by atoms with Crippen LogP contribution in [0.15, 0.2) is 11.0 Å². The van der Waals surface area contributed by atoms with Gasteiger partial charge in [-0.15, -0.1) is 0 Å². The Morgan fingerprint density at radius 3 is 2.07 bits per heavy atom. The van der Waals surface area contributed by atoms with Crippen molar-refractivity contribution in [2.75, 3.05) is 0 Å². The lowest BCUT2D eigenvalue weighted by atomic mass is 10.3. The molecule has 0 atom stereocenters. The van der Waals surface area contributed by atoms with E-state index in [2.05, 4.69) is 0 Å². The van der Waals surface area contributed by atoms with Crippen LogP contribution < -0.4 is 0 Å². The molecule has 78 valence electrons. The fraction of sp³-hybridized carbons (Fsp3) is 0. The van der Waals surface area contributed by atoms with Crippen molar-refractivity contribution >= 4 is 10.1 Å². The van der Waals surface area contributed by atoms with Crippen molar-refractivity contribution in [3.63, 3.8) is 0 Å². The van der Waals surface area contributed by atoms with Gasteiger partial charge in [0, 0.05) is 6.07 Å². The lowest BCUT2D eigenvalue weighted by Crippen LogP contribution is -2.05. The van der Waals surface area contributed by atoms with Crippen LogP contribution >= 0.6 is 0 Å². The molecule has 0 radical (unpaired) electrons. The van der Waals surface area contributed by atoms with E-state index in [9.17, 15) is 21.6 Å². The maximum atomic E-state index is 12.7. The fourth-order valence-corrected chi connectivity index (χ4v) is 1.32. The summed E-state index contributed by atoms with van der Waals surface area (Å²) in [6, 6.07) is -0.0247. The summed E-state index contributed by atoms with van der Waals surface area (Å²) in [5, 5.41) is 8.51. The number of benzene rings is 1. The van der Waals surface area contributed by atoms with Crippen molar-refractivity contribution in [3.05, 3.63) is 23.5 Å². The van der Waals surface area contributed by atoms with Crippen LogP contribution in [0.25, 0.3) is 0 Å². The van der Waals surface area contributed by atoms with Crippen molar-refractivity contribution in [2.24, 2.45) is 0 Å². The predicted octanol–water partition coefficient (Wildman–Crippen LogP) is 1.06. The number of hydrogen-bond acceptors (Lipinski definition) is 3. The molecule has 4 nitrogen and oxygen atoms in total. The molecule has 0 saturated heterocycles. The van der Waals surface area contributed by atoms with Crippen LogP contribution in [0.5, 0.6) is 5.75 Å². The molecule has 0 aliphatic carbocycles. The summed E-state index contributed by atoms with van der Waals surface area (Å²) >= 11 is 0. The quantitative estimate of drug-likeness (QED) is 0.556. The second-order valence-electron chi connectivity index (χ2n) is 2.31. The van der Waals surface area contributed by atoms with Crippen LogP contribution in [0.3, 0.4) is 0 Å². The molecule has 0 saturated carbocycles. The van der Waals surface area contributed by atoms with Crippen molar-refractivity contribution in [1.29, 1.82) is 0 Å². The summed E-state index contributed by atoms with van der Waals surface area (Å²) in [4.78, 5) is -1.56. The van der Waals surface area contributed by atoms with Crippen LogP contribution in [-0.2, 0) is 10.1 Å². The van der Waals surface area contributed by atoms with E-state index in [-0.39, 0.29) is 6.07 Å². The highest BCUT2D eigenvalue weighted by Gasteiger charge is 2.25. The van der Waals surface area contributed by atoms with Gasteiger partial charge in [0.25, 0.3) is 10.1 Å². The molecular formula is C6H3F3O4S. The normalized spacial score (nSPS) is 11.7. The number of phenols is 1. The van der Waals surface area contributed by atoms with Gasteiger partial charge in [-0.2, -0.15) is 12.8 Å². The van der Waals surface area contributed by atoms with E-state index in [1.54, 1.807) is 0 Å². The topological polar surface area (TPSA) is 74.6 Å². The zero-order valence-corrected chi connectivity index (χ0v) is 7.15. The molecule has 0 aliphatic heterocycles. The van der Waals surface area contributed by atoms with Gasteiger partial charge in [0.1, 0.15) is 4.90 Å². The molecule has 1 aromatic carbocycles. The minimum atomic E-state index is -5.06. The van der Waals surface area contributed by atoms with Gasteiger partial charge in [0.15, 0.2) is 17.4 Å². The molecule has 2 N–H and O–H groups in total. The monoisotopic (exact) mass is 228 g/mol. The van der Waals surface area contributed by atoms with Crippen LogP contribution in [-0.4, -0.2) is 18.1 Å². The first-order chi connectivity index (χ1) is 6.25. The first kappa shape index (κ1) is 10.8. The van der Waals surface area contributed by atoms with Gasteiger partial charge < -0.3 is 5.11 Å². The number of hydrogen-bond donors (Lipinski definition) is 2. The number of rotatable bonds is 1. The maximum Gasteiger partial charge on any atom is 0.297 e. The minimum Gasteiger partial charge on any atom is -0.503 e. The van der Waals surface area contributed by atoms with Gasteiger partial charge in [0.2, 0.25) is 5.82 Å². The largest absolute Gasteiger partial charge is 0.503 e. The zero-order chi connectivity index (χ0) is 11.1. The summed E-state index contributed by atoms with van der Waals surface area (Å²) < 4.78 is 66.8. The van der Waals surface area contributed by atoms with E-state index in [1.807, 2.05) is 0 Å². The smallest absolute Gasteiger partial charge is 0.297 e. The van der Waals surface area contributed by atoms with E-state index in [4.69, 9.17) is 9.66 Å². The van der Waals surface area contributed by atoms with Crippen molar-refractivity contribution in [3.8, 4) is 5.75 Å². The van der Waals surface area contributed by atoms with Gasteiger partial charge in [-0.25, -0.2) is 8.78 Å². The van der Waals surface area contributed by atoms with Gasteiger partial charge in [-0.05, 0) is 0 Å². The molecule has 0 aliphatic rings. The Kier molecular flexibility index (Phi) is 2.42. The Bertz CT molecular complexity index is 482. The average molecular weight is 228 g/mol. The second-order valence-corrected chi connectivity index (χ2v) is 3.70. The highest BCUT2D eigenvalue weighted by Crippen LogP contribution is 2.27. The van der Waals surface area contributed by atoms with Crippen molar-refractivity contribution in [1.82, 2.24) is 0 Å². The molecule has 0 spiro atoms. The first-order valence-corrected chi connectivity index (χ1v) is 4.53. The van der Waals surface area contributed by atoms with E-state index in [1.165, 1.54) is 0 Å². The van der Waals surface area contributed by atoms with Crippen LogP contribution in [0, 0.1) is 17.5 Å². The lowest BCUT2D eigenvalue weighted by Gasteiger charge is -2.02. The third kappa shape index (κ3) is 1.66. The average Bonchev–Trinajstić information content (AvgIpc) is 2.06.